The largest absolute Gasteiger partial charge is 0.394 e. The van der Waals surface area contributed by atoms with E-state index in [4.69, 9.17) is 5.73 Å². The van der Waals surface area contributed by atoms with Crippen LogP contribution in [0.5, 0.6) is 0 Å². The lowest BCUT2D eigenvalue weighted by molar-refractivity contribution is 0.578. The number of aryl methyl sites for hydroxylation is 1. The Balaban J connectivity index is 1.69. The van der Waals surface area contributed by atoms with E-state index in [1.165, 1.54) is 12.0 Å². The SMILES string of the molecule is C/C=C/CCCn1ncc(N)c1N1CCC(c2ccccc2)C1. The van der Waals surface area contributed by atoms with Crippen molar-refractivity contribution in [2.45, 2.75) is 38.6 Å². The number of nitrogens with zero attached hydrogens (tertiary/aromatic N) is 3. The van der Waals surface area contributed by atoms with Gasteiger partial charge in [0.05, 0.1) is 11.9 Å². The topological polar surface area (TPSA) is 47.1 Å². The highest BCUT2D eigenvalue weighted by molar-refractivity contribution is 5.63. The number of anilines is 2. The van der Waals surface area contributed by atoms with E-state index in [0.717, 1.165) is 44.0 Å². The standard InChI is InChI=1S/C19H26N4/c1-2-3-4-8-12-23-19(18(20)14-21-23)22-13-11-17(15-22)16-9-6-5-7-10-16/h2-3,5-7,9-10,14,17H,4,8,11-13,15,20H2,1H3/b3-2+. The number of hydrogen-bond donors (Lipinski definition) is 1. The zero-order chi connectivity index (χ0) is 16.1. The molecule has 23 heavy (non-hydrogen) atoms. The Kier molecular flexibility index (Phi) is 5.01. The quantitative estimate of drug-likeness (QED) is 0.652. The summed E-state index contributed by atoms with van der Waals surface area (Å²) in [7, 11) is 0. The Labute approximate surface area is 138 Å². The van der Waals surface area contributed by atoms with Crippen LogP contribution in [0.4, 0.5) is 11.5 Å². The number of nitrogens with two attached hydrogens (primary N) is 1. The molecule has 1 unspecified atom stereocenters. The normalized spacial score (nSPS) is 18.1. The minimum atomic E-state index is 0.585. The first-order valence-electron chi connectivity index (χ1n) is 8.52. The van der Waals surface area contributed by atoms with Gasteiger partial charge in [-0.2, -0.15) is 5.10 Å². The average Bonchev–Trinajstić information content (AvgIpc) is 3.19. The van der Waals surface area contributed by atoms with E-state index >= 15 is 0 Å². The number of benzene rings is 1. The van der Waals surface area contributed by atoms with Crippen LogP contribution in [0.3, 0.4) is 0 Å². The van der Waals surface area contributed by atoms with Crippen molar-refractivity contribution in [2.75, 3.05) is 23.7 Å². The van der Waals surface area contributed by atoms with Crippen molar-refractivity contribution in [2.24, 2.45) is 0 Å². The van der Waals surface area contributed by atoms with Gasteiger partial charge in [-0.15, -0.1) is 0 Å². The number of allylic oxidation sites excluding steroid dienone is 2. The average molecular weight is 310 g/mol. The molecule has 0 bridgehead atoms. The maximum absolute atomic E-state index is 6.20. The zero-order valence-corrected chi connectivity index (χ0v) is 13.9. The van der Waals surface area contributed by atoms with Crippen LogP contribution in [0.2, 0.25) is 0 Å². The Morgan fingerprint density at radius 3 is 2.91 bits per heavy atom. The van der Waals surface area contributed by atoms with Gasteiger partial charge in [-0.1, -0.05) is 42.5 Å². The lowest BCUT2D eigenvalue weighted by Crippen LogP contribution is -2.24. The Hall–Kier alpha value is -2.23. The second-order valence-electron chi connectivity index (χ2n) is 6.20. The molecule has 4 nitrogen and oxygen atoms in total. The molecule has 1 atom stereocenters. The first-order chi connectivity index (χ1) is 11.3. The van der Waals surface area contributed by atoms with Crippen LogP contribution in [0, 0.1) is 0 Å². The molecule has 1 saturated heterocycles. The van der Waals surface area contributed by atoms with Crippen molar-refractivity contribution in [3.05, 3.63) is 54.2 Å². The number of rotatable bonds is 6. The van der Waals surface area contributed by atoms with E-state index in [1.807, 2.05) is 0 Å². The van der Waals surface area contributed by atoms with Crippen LogP contribution in [-0.2, 0) is 6.54 Å². The molecular formula is C19H26N4. The van der Waals surface area contributed by atoms with Crippen molar-refractivity contribution in [1.82, 2.24) is 9.78 Å². The van der Waals surface area contributed by atoms with Gasteiger partial charge in [-0.3, -0.25) is 0 Å². The lowest BCUT2D eigenvalue weighted by Gasteiger charge is -2.21. The predicted octanol–water partition coefficient (Wildman–Crippen LogP) is 3.82. The van der Waals surface area contributed by atoms with E-state index in [1.54, 1.807) is 6.20 Å². The molecule has 1 aliphatic rings. The van der Waals surface area contributed by atoms with E-state index < -0.39 is 0 Å². The molecule has 122 valence electrons. The highest BCUT2D eigenvalue weighted by Crippen LogP contribution is 2.33. The van der Waals surface area contributed by atoms with Gasteiger partial charge in [0.2, 0.25) is 0 Å². The molecule has 2 heterocycles. The Bertz CT molecular complexity index is 645. The molecule has 4 heteroatoms. The molecule has 1 aliphatic heterocycles. The van der Waals surface area contributed by atoms with Crippen molar-refractivity contribution in [3.63, 3.8) is 0 Å². The third-order valence-corrected chi connectivity index (χ3v) is 4.57. The monoisotopic (exact) mass is 310 g/mol. The van der Waals surface area contributed by atoms with Gasteiger partial charge in [0.25, 0.3) is 0 Å². The van der Waals surface area contributed by atoms with Crippen molar-refractivity contribution >= 4 is 11.5 Å². The molecule has 0 saturated carbocycles. The zero-order valence-electron chi connectivity index (χ0n) is 13.9. The van der Waals surface area contributed by atoms with Crippen LogP contribution < -0.4 is 10.6 Å². The molecule has 0 spiro atoms. The number of nitrogen functional groups attached to an aromatic ring is 1. The van der Waals surface area contributed by atoms with Crippen LogP contribution >= 0.6 is 0 Å². The number of unbranched alkanes of at least 4 members (excludes halogenated alkanes) is 1. The minimum absolute atomic E-state index is 0.585. The molecule has 1 fully saturated rings. The fourth-order valence-corrected chi connectivity index (χ4v) is 3.38. The maximum Gasteiger partial charge on any atom is 0.150 e. The van der Waals surface area contributed by atoms with Gasteiger partial charge in [-0.25, -0.2) is 4.68 Å². The summed E-state index contributed by atoms with van der Waals surface area (Å²) >= 11 is 0. The van der Waals surface area contributed by atoms with Crippen LogP contribution in [0.1, 0.15) is 37.7 Å². The molecule has 0 aliphatic carbocycles. The Morgan fingerprint density at radius 2 is 2.13 bits per heavy atom. The molecule has 0 amide bonds. The van der Waals surface area contributed by atoms with Crippen molar-refractivity contribution in [3.8, 4) is 0 Å². The first kappa shape index (κ1) is 15.7. The highest BCUT2D eigenvalue weighted by Gasteiger charge is 2.27. The molecular weight excluding hydrogens is 284 g/mol. The molecule has 3 rings (SSSR count). The van der Waals surface area contributed by atoms with Gasteiger partial charge in [0.15, 0.2) is 0 Å². The van der Waals surface area contributed by atoms with E-state index in [0.29, 0.717) is 5.92 Å². The van der Waals surface area contributed by atoms with E-state index in [-0.39, 0.29) is 0 Å². The summed E-state index contributed by atoms with van der Waals surface area (Å²) in [5, 5.41) is 4.48. The van der Waals surface area contributed by atoms with Gasteiger partial charge in [0.1, 0.15) is 5.82 Å². The Morgan fingerprint density at radius 1 is 1.30 bits per heavy atom. The fourth-order valence-electron chi connectivity index (χ4n) is 3.38. The summed E-state index contributed by atoms with van der Waals surface area (Å²) < 4.78 is 2.08. The minimum Gasteiger partial charge on any atom is -0.394 e. The molecule has 0 radical (unpaired) electrons. The van der Waals surface area contributed by atoms with Gasteiger partial charge in [-0.05, 0) is 31.7 Å². The molecule has 2 aromatic rings. The maximum atomic E-state index is 6.20. The van der Waals surface area contributed by atoms with Crippen molar-refractivity contribution < 1.29 is 0 Å². The van der Waals surface area contributed by atoms with Gasteiger partial charge >= 0.3 is 0 Å². The summed E-state index contributed by atoms with van der Waals surface area (Å²) in [5.74, 6) is 1.69. The van der Waals surface area contributed by atoms with Crippen LogP contribution in [0.25, 0.3) is 0 Å². The summed E-state index contributed by atoms with van der Waals surface area (Å²) in [5.41, 5.74) is 8.42. The summed E-state index contributed by atoms with van der Waals surface area (Å²) in [6.07, 6.45) is 9.45. The van der Waals surface area contributed by atoms with Gasteiger partial charge in [0, 0.05) is 25.6 Å². The molecule has 1 aromatic heterocycles. The second-order valence-corrected chi connectivity index (χ2v) is 6.20. The first-order valence-corrected chi connectivity index (χ1v) is 8.52. The van der Waals surface area contributed by atoms with Crippen LogP contribution in [-0.4, -0.2) is 22.9 Å². The third kappa shape index (κ3) is 3.58. The molecule has 2 N–H and O–H groups in total. The highest BCUT2D eigenvalue weighted by atomic mass is 15.4. The molecule has 1 aromatic carbocycles. The number of hydrogen-bond acceptors (Lipinski definition) is 3. The predicted molar refractivity (Wildman–Crippen MR) is 96.7 cm³/mol. The third-order valence-electron chi connectivity index (χ3n) is 4.57. The summed E-state index contributed by atoms with van der Waals surface area (Å²) in [6, 6.07) is 10.8. The summed E-state index contributed by atoms with van der Waals surface area (Å²) in [6.45, 7) is 5.05. The smallest absolute Gasteiger partial charge is 0.150 e. The van der Waals surface area contributed by atoms with Crippen LogP contribution in [0.15, 0.2) is 48.7 Å². The van der Waals surface area contributed by atoms with E-state index in [9.17, 15) is 0 Å². The summed E-state index contributed by atoms with van der Waals surface area (Å²) in [4.78, 5) is 2.40. The van der Waals surface area contributed by atoms with Crippen molar-refractivity contribution in [1.29, 1.82) is 0 Å². The second kappa shape index (κ2) is 7.36. The van der Waals surface area contributed by atoms with Gasteiger partial charge < -0.3 is 10.6 Å². The number of aromatic nitrogens is 2. The lowest BCUT2D eigenvalue weighted by atomic mass is 9.99. The van der Waals surface area contributed by atoms with E-state index in [2.05, 4.69) is 64.1 Å². The fraction of sp³-hybridized carbons (Fsp3) is 0.421.